The smallest absolute Gasteiger partial charge is 0.281 e. The van der Waals surface area contributed by atoms with E-state index in [-0.39, 0.29) is 17.3 Å². The Morgan fingerprint density at radius 1 is 1.06 bits per heavy atom. The van der Waals surface area contributed by atoms with Crippen molar-refractivity contribution in [2.45, 2.75) is 33.2 Å². The normalized spacial score (nSPS) is 12.1. The molecule has 1 N–H and O–H groups in total. The van der Waals surface area contributed by atoms with Gasteiger partial charge in [-0.3, -0.25) is 9.59 Å². The number of hydrogen-bond donors (Lipinski definition) is 1. The number of halogens is 1. The molecule has 0 radical (unpaired) electrons. The molecule has 2 heterocycles. The van der Waals surface area contributed by atoms with Crippen molar-refractivity contribution >= 4 is 22.4 Å². The fraction of sp³-hybridized carbons (Fsp3) is 0.208. The van der Waals surface area contributed by atoms with Gasteiger partial charge in [-0.05, 0) is 56.7 Å². The Hall–Kier alpha value is -3.74. The maximum atomic E-state index is 13.3. The molecule has 0 saturated heterocycles. The number of amides is 1. The molecule has 0 aliphatic rings. The minimum Gasteiger partial charge on any atom is -0.335 e. The summed E-state index contributed by atoms with van der Waals surface area (Å²) >= 11 is 0. The summed E-state index contributed by atoms with van der Waals surface area (Å²) in [4.78, 5) is 26.3. The van der Waals surface area contributed by atoms with Crippen LogP contribution in [0, 0.1) is 19.7 Å². The first-order valence-corrected chi connectivity index (χ1v) is 10.1. The van der Waals surface area contributed by atoms with Crippen molar-refractivity contribution in [3.8, 4) is 5.69 Å². The molecule has 1 atom stereocenters. The topological polar surface area (TPSA) is 68.9 Å². The van der Waals surface area contributed by atoms with E-state index in [0.717, 1.165) is 11.1 Å². The standard InChI is InChI=1S/C24H23FN4O2/c1-4-21(23(30)27-18-12-10-17(25)11-13-18)28-15(2)20-14-26-29(19-8-6-5-7-9-19)24(31)22(20)16(28)3/h5-14,21H,4H2,1-3H3,(H,27,30)/t21-/m1/s1. The first-order valence-electron chi connectivity index (χ1n) is 10.1. The number of anilines is 1. The maximum absolute atomic E-state index is 13.3. The van der Waals surface area contributed by atoms with Gasteiger partial charge in [0.1, 0.15) is 11.9 Å². The predicted molar refractivity (Wildman–Crippen MR) is 119 cm³/mol. The third-order valence-corrected chi connectivity index (χ3v) is 5.57. The van der Waals surface area contributed by atoms with E-state index in [1.807, 2.05) is 55.7 Å². The highest BCUT2D eigenvalue weighted by Gasteiger charge is 2.25. The Morgan fingerprint density at radius 2 is 1.74 bits per heavy atom. The summed E-state index contributed by atoms with van der Waals surface area (Å²) < 4.78 is 16.4. The molecule has 4 aromatic rings. The Labute approximate surface area is 178 Å². The third-order valence-electron chi connectivity index (χ3n) is 5.57. The van der Waals surface area contributed by atoms with E-state index in [9.17, 15) is 14.0 Å². The maximum Gasteiger partial charge on any atom is 0.281 e. The van der Waals surface area contributed by atoms with Gasteiger partial charge in [-0.2, -0.15) is 9.78 Å². The lowest BCUT2D eigenvalue weighted by molar-refractivity contribution is -0.119. The molecule has 0 unspecified atom stereocenters. The molecule has 0 aliphatic heterocycles. The first-order chi connectivity index (χ1) is 14.9. The van der Waals surface area contributed by atoms with Crippen LogP contribution < -0.4 is 10.9 Å². The van der Waals surface area contributed by atoms with Crippen LogP contribution in [0.3, 0.4) is 0 Å². The lowest BCUT2D eigenvalue weighted by Crippen LogP contribution is -2.27. The summed E-state index contributed by atoms with van der Waals surface area (Å²) in [6.07, 6.45) is 2.20. The Balaban J connectivity index is 1.79. The number of aromatic nitrogens is 3. The minimum atomic E-state index is -0.526. The summed E-state index contributed by atoms with van der Waals surface area (Å²) in [5.74, 6) is -0.590. The second kappa shape index (κ2) is 8.18. The number of carbonyl (C=O) groups excluding carboxylic acids is 1. The number of hydrogen-bond acceptors (Lipinski definition) is 3. The number of carbonyl (C=O) groups is 1. The summed E-state index contributed by atoms with van der Waals surface area (Å²) in [6.45, 7) is 5.65. The zero-order chi connectivity index (χ0) is 22.1. The number of benzene rings is 2. The van der Waals surface area contributed by atoms with Crippen LogP contribution in [0.2, 0.25) is 0 Å². The SMILES string of the molecule is CC[C@H](C(=O)Nc1ccc(F)cc1)n1c(C)c2cnn(-c3ccccc3)c(=O)c2c1C. The molecule has 2 aromatic heterocycles. The molecule has 4 rings (SSSR count). The van der Waals surface area contributed by atoms with Crippen LogP contribution in [0.1, 0.15) is 30.8 Å². The zero-order valence-electron chi connectivity index (χ0n) is 17.6. The molecule has 1 amide bonds. The summed E-state index contributed by atoms with van der Waals surface area (Å²) in [5.41, 5.74) is 2.49. The van der Waals surface area contributed by atoms with Crippen LogP contribution in [0.5, 0.6) is 0 Å². The van der Waals surface area contributed by atoms with Crippen molar-refractivity contribution in [1.29, 1.82) is 0 Å². The first kappa shape index (κ1) is 20.5. The minimum absolute atomic E-state index is 0.225. The van der Waals surface area contributed by atoms with Crippen molar-refractivity contribution in [1.82, 2.24) is 14.3 Å². The molecule has 158 valence electrons. The van der Waals surface area contributed by atoms with Gasteiger partial charge in [0.05, 0.1) is 17.3 Å². The van der Waals surface area contributed by atoms with Crippen LogP contribution in [0.25, 0.3) is 16.5 Å². The van der Waals surface area contributed by atoms with E-state index in [0.29, 0.717) is 28.9 Å². The van der Waals surface area contributed by atoms with Gasteiger partial charge in [0, 0.05) is 22.5 Å². The van der Waals surface area contributed by atoms with Crippen molar-refractivity contribution in [3.63, 3.8) is 0 Å². The van der Waals surface area contributed by atoms with E-state index in [1.54, 1.807) is 6.20 Å². The summed E-state index contributed by atoms with van der Waals surface area (Å²) in [7, 11) is 0. The van der Waals surface area contributed by atoms with E-state index < -0.39 is 6.04 Å². The van der Waals surface area contributed by atoms with Gasteiger partial charge in [0.2, 0.25) is 5.91 Å². The van der Waals surface area contributed by atoms with Gasteiger partial charge in [-0.15, -0.1) is 0 Å². The van der Waals surface area contributed by atoms with E-state index in [1.165, 1.54) is 28.9 Å². The van der Waals surface area contributed by atoms with Gasteiger partial charge in [-0.1, -0.05) is 25.1 Å². The van der Waals surface area contributed by atoms with Crippen molar-refractivity contribution in [2.75, 3.05) is 5.32 Å². The Kier molecular flexibility index (Phi) is 5.42. The number of fused-ring (bicyclic) bond motifs is 1. The lowest BCUT2D eigenvalue weighted by Gasteiger charge is -2.20. The van der Waals surface area contributed by atoms with Crippen molar-refractivity contribution < 1.29 is 9.18 Å². The lowest BCUT2D eigenvalue weighted by atomic mass is 10.1. The second-order valence-electron chi connectivity index (χ2n) is 7.45. The Bertz CT molecular complexity index is 1310. The molecule has 0 bridgehead atoms. The molecule has 0 aliphatic carbocycles. The fourth-order valence-corrected chi connectivity index (χ4v) is 4.04. The zero-order valence-corrected chi connectivity index (χ0v) is 17.6. The summed E-state index contributed by atoms with van der Waals surface area (Å²) in [6, 6.07) is 14.3. The largest absolute Gasteiger partial charge is 0.335 e. The molecule has 0 spiro atoms. The molecular formula is C24H23FN4O2. The van der Waals surface area contributed by atoms with Crippen LogP contribution in [-0.4, -0.2) is 20.3 Å². The van der Waals surface area contributed by atoms with Crippen LogP contribution in [0.4, 0.5) is 10.1 Å². The van der Waals surface area contributed by atoms with Crippen molar-refractivity contribution in [2.24, 2.45) is 0 Å². The third kappa shape index (κ3) is 3.63. The predicted octanol–water partition coefficient (Wildman–Crippen LogP) is 4.53. The second-order valence-corrected chi connectivity index (χ2v) is 7.45. The van der Waals surface area contributed by atoms with Crippen LogP contribution in [-0.2, 0) is 4.79 Å². The molecular weight excluding hydrogens is 395 g/mol. The monoisotopic (exact) mass is 418 g/mol. The van der Waals surface area contributed by atoms with Crippen LogP contribution >= 0.6 is 0 Å². The number of nitrogens with one attached hydrogen (secondary N) is 1. The number of rotatable bonds is 5. The highest BCUT2D eigenvalue weighted by Crippen LogP contribution is 2.28. The average molecular weight is 418 g/mol. The Morgan fingerprint density at radius 3 is 2.39 bits per heavy atom. The van der Waals surface area contributed by atoms with Crippen LogP contribution in [0.15, 0.2) is 65.6 Å². The van der Waals surface area contributed by atoms with Gasteiger partial charge < -0.3 is 9.88 Å². The molecule has 6 nitrogen and oxygen atoms in total. The average Bonchev–Trinajstić information content (AvgIpc) is 3.02. The highest BCUT2D eigenvalue weighted by atomic mass is 19.1. The van der Waals surface area contributed by atoms with Gasteiger partial charge >= 0.3 is 0 Å². The van der Waals surface area contributed by atoms with Gasteiger partial charge in [0.15, 0.2) is 0 Å². The fourth-order valence-electron chi connectivity index (χ4n) is 4.04. The number of para-hydroxylation sites is 1. The highest BCUT2D eigenvalue weighted by molar-refractivity contribution is 5.95. The molecule has 7 heteroatoms. The van der Waals surface area contributed by atoms with Gasteiger partial charge in [-0.25, -0.2) is 4.39 Å². The summed E-state index contributed by atoms with van der Waals surface area (Å²) in [5, 5.41) is 8.47. The van der Waals surface area contributed by atoms with E-state index in [4.69, 9.17) is 0 Å². The molecule has 2 aromatic carbocycles. The van der Waals surface area contributed by atoms with E-state index >= 15 is 0 Å². The van der Waals surface area contributed by atoms with Crippen molar-refractivity contribution in [3.05, 3.63) is 88.4 Å². The van der Waals surface area contributed by atoms with Gasteiger partial charge in [0.25, 0.3) is 5.56 Å². The number of nitrogens with zero attached hydrogens (tertiary/aromatic N) is 3. The molecule has 31 heavy (non-hydrogen) atoms. The number of aryl methyl sites for hydroxylation is 2. The quantitative estimate of drug-likeness (QED) is 0.518. The molecule has 0 saturated carbocycles. The molecule has 0 fully saturated rings. The van der Waals surface area contributed by atoms with E-state index in [2.05, 4.69) is 10.4 Å².